The van der Waals surface area contributed by atoms with Gasteiger partial charge in [-0.05, 0) is 60.5 Å². The third-order valence-corrected chi connectivity index (χ3v) is 6.23. The number of nitrogens with zero attached hydrogens (tertiary/aromatic N) is 3. The van der Waals surface area contributed by atoms with Gasteiger partial charge >= 0.3 is 0 Å². The van der Waals surface area contributed by atoms with Crippen molar-refractivity contribution < 1.29 is 13.9 Å². The summed E-state index contributed by atoms with van der Waals surface area (Å²) in [6.45, 7) is 3.79. The summed E-state index contributed by atoms with van der Waals surface area (Å²) in [5, 5.41) is 0. The molecule has 0 bridgehead atoms. The predicted octanol–water partition coefficient (Wildman–Crippen LogP) is 5.34. The standard InChI is InChI=1S/C27H26FN3O2/c1-2-19-7-13-23(14-8-19)33-16-15-30-25-6-4-3-5-24(25)29-27(30)20-17-26(32)31(18-20)22-11-9-21(28)10-12-22/h3-14,20H,2,15-18H2,1H3/t20-/m0/s1. The number of amides is 1. The summed E-state index contributed by atoms with van der Waals surface area (Å²) in [6.07, 6.45) is 1.37. The molecule has 1 amide bonds. The Balaban J connectivity index is 1.37. The Morgan fingerprint density at radius 3 is 2.55 bits per heavy atom. The monoisotopic (exact) mass is 443 g/mol. The van der Waals surface area contributed by atoms with Gasteiger partial charge in [-0.3, -0.25) is 4.79 Å². The van der Waals surface area contributed by atoms with Gasteiger partial charge in [0.05, 0.1) is 17.6 Å². The molecule has 1 aliphatic heterocycles. The molecular weight excluding hydrogens is 417 g/mol. The van der Waals surface area contributed by atoms with Crippen LogP contribution in [0.15, 0.2) is 72.8 Å². The molecule has 2 heterocycles. The van der Waals surface area contributed by atoms with E-state index in [0.29, 0.717) is 31.8 Å². The second kappa shape index (κ2) is 9.06. The molecule has 0 N–H and O–H groups in total. The number of hydrogen-bond acceptors (Lipinski definition) is 3. The minimum Gasteiger partial charge on any atom is -0.492 e. The molecule has 3 aromatic carbocycles. The largest absolute Gasteiger partial charge is 0.492 e. The molecule has 4 aromatic rings. The highest BCUT2D eigenvalue weighted by Gasteiger charge is 2.34. The molecule has 1 aromatic heterocycles. The first-order valence-corrected chi connectivity index (χ1v) is 11.3. The Hall–Kier alpha value is -3.67. The van der Waals surface area contributed by atoms with Crippen LogP contribution in [0.3, 0.4) is 0 Å². The number of para-hydroxylation sites is 2. The maximum absolute atomic E-state index is 13.3. The highest BCUT2D eigenvalue weighted by molar-refractivity contribution is 5.96. The Kier molecular flexibility index (Phi) is 5.82. The van der Waals surface area contributed by atoms with E-state index in [1.807, 2.05) is 30.3 Å². The number of aryl methyl sites for hydroxylation is 1. The highest BCUT2D eigenvalue weighted by Crippen LogP contribution is 2.33. The van der Waals surface area contributed by atoms with Gasteiger partial charge in [0.25, 0.3) is 0 Å². The van der Waals surface area contributed by atoms with Gasteiger partial charge in [-0.15, -0.1) is 0 Å². The molecular formula is C27H26FN3O2. The van der Waals surface area contributed by atoms with Crippen molar-refractivity contribution >= 4 is 22.6 Å². The van der Waals surface area contributed by atoms with E-state index in [2.05, 4.69) is 29.7 Å². The molecule has 1 fully saturated rings. The van der Waals surface area contributed by atoms with Gasteiger partial charge in [0.2, 0.25) is 5.91 Å². The summed E-state index contributed by atoms with van der Waals surface area (Å²) < 4.78 is 21.5. The van der Waals surface area contributed by atoms with Gasteiger partial charge in [-0.1, -0.05) is 31.2 Å². The number of anilines is 1. The minimum atomic E-state index is -0.312. The fraction of sp³-hybridized carbons (Fsp3) is 0.259. The lowest BCUT2D eigenvalue weighted by atomic mass is 10.1. The lowest BCUT2D eigenvalue weighted by Gasteiger charge is -2.17. The van der Waals surface area contributed by atoms with Crippen LogP contribution >= 0.6 is 0 Å². The molecule has 1 saturated heterocycles. The third kappa shape index (κ3) is 4.33. The fourth-order valence-electron chi connectivity index (χ4n) is 4.47. The van der Waals surface area contributed by atoms with Crippen molar-refractivity contribution in [2.24, 2.45) is 0 Å². The van der Waals surface area contributed by atoms with Crippen LogP contribution in [-0.4, -0.2) is 28.6 Å². The Morgan fingerprint density at radius 1 is 1.03 bits per heavy atom. The zero-order valence-corrected chi connectivity index (χ0v) is 18.6. The van der Waals surface area contributed by atoms with Crippen LogP contribution in [0.4, 0.5) is 10.1 Å². The number of benzene rings is 3. The minimum absolute atomic E-state index is 0.0254. The lowest BCUT2D eigenvalue weighted by molar-refractivity contribution is -0.117. The quantitative estimate of drug-likeness (QED) is 0.388. The highest BCUT2D eigenvalue weighted by atomic mass is 19.1. The molecule has 5 nitrogen and oxygen atoms in total. The topological polar surface area (TPSA) is 47.4 Å². The third-order valence-electron chi connectivity index (χ3n) is 6.23. The molecule has 0 unspecified atom stereocenters. The summed E-state index contributed by atoms with van der Waals surface area (Å²) in [7, 11) is 0. The molecule has 33 heavy (non-hydrogen) atoms. The molecule has 1 atom stereocenters. The average molecular weight is 444 g/mol. The lowest BCUT2D eigenvalue weighted by Crippen LogP contribution is -2.24. The molecule has 0 spiro atoms. The van der Waals surface area contributed by atoms with Crippen molar-refractivity contribution in [1.29, 1.82) is 0 Å². The summed E-state index contributed by atoms with van der Waals surface area (Å²) in [4.78, 5) is 19.4. The number of halogens is 1. The first kappa shape index (κ1) is 21.2. The molecule has 168 valence electrons. The average Bonchev–Trinajstić information content (AvgIpc) is 3.41. The second-order valence-corrected chi connectivity index (χ2v) is 8.34. The summed E-state index contributed by atoms with van der Waals surface area (Å²) >= 11 is 0. The van der Waals surface area contributed by atoms with Crippen LogP contribution in [0.5, 0.6) is 5.75 Å². The summed E-state index contributed by atoms with van der Waals surface area (Å²) in [5.74, 6) is 1.40. The molecule has 0 radical (unpaired) electrons. The number of carbonyl (C=O) groups excluding carboxylic acids is 1. The molecule has 1 aliphatic rings. The van der Waals surface area contributed by atoms with Gasteiger partial charge in [0.15, 0.2) is 0 Å². The van der Waals surface area contributed by atoms with Crippen molar-refractivity contribution in [3.63, 3.8) is 0 Å². The van der Waals surface area contributed by atoms with Crippen molar-refractivity contribution in [2.45, 2.75) is 32.2 Å². The molecule has 6 heteroatoms. The van der Waals surface area contributed by atoms with Gasteiger partial charge in [-0.25, -0.2) is 9.37 Å². The maximum Gasteiger partial charge on any atom is 0.227 e. The normalized spacial score (nSPS) is 16.0. The molecule has 0 saturated carbocycles. The van der Waals surface area contributed by atoms with E-state index >= 15 is 0 Å². The van der Waals surface area contributed by atoms with E-state index in [9.17, 15) is 9.18 Å². The van der Waals surface area contributed by atoms with Crippen LogP contribution in [0, 0.1) is 5.82 Å². The SMILES string of the molecule is CCc1ccc(OCCn2c([C@H]3CC(=O)N(c4ccc(F)cc4)C3)nc3ccccc32)cc1. The van der Waals surface area contributed by atoms with E-state index in [1.165, 1.54) is 17.7 Å². The van der Waals surface area contributed by atoms with Crippen LogP contribution in [-0.2, 0) is 17.8 Å². The number of fused-ring (bicyclic) bond motifs is 1. The van der Waals surface area contributed by atoms with Crippen molar-refractivity contribution in [3.8, 4) is 5.75 Å². The van der Waals surface area contributed by atoms with Crippen molar-refractivity contribution in [1.82, 2.24) is 9.55 Å². The van der Waals surface area contributed by atoms with Crippen LogP contribution < -0.4 is 9.64 Å². The first-order valence-electron chi connectivity index (χ1n) is 11.3. The Labute approximate surface area is 192 Å². The Bertz CT molecular complexity index is 1270. The van der Waals surface area contributed by atoms with Crippen LogP contribution in [0.25, 0.3) is 11.0 Å². The number of aromatic nitrogens is 2. The van der Waals surface area contributed by atoms with Crippen LogP contribution in [0.1, 0.15) is 30.7 Å². The number of rotatable bonds is 7. The van der Waals surface area contributed by atoms with Gasteiger partial charge < -0.3 is 14.2 Å². The number of imidazole rings is 1. The number of carbonyl (C=O) groups is 1. The van der Waals surface area contributed by atoms with E-state index in [4.69, 9.17) is 9.72 Å². The van der Waals surface area contributed by atoms with Gasteiger partial charge in [0.1, 0.15) is 24.0 Å². The van der Waals surface area contributed by atoms with Gasteiger partial charge in [-0.2, -0.15) is 0 Å². The second-order valence-electron chi connectivity index (χ2n) is 8.34. The zero-order valence-electron chi connectivity index (χ0n) is 18.6. The van der Waals surface area contributed by atoms with E-state index in [0.717, 1.165) is 29.0 Å². The predicted molar refractivity (Wildman–Crippen MR) is 127 cm³/mol. The zero-order chi connectivity index (χ0) is 22.8. The van der Waals surface area contributed by atoms with E-state index < -0.39 is 0 Å². The first-order chi connectivity index (χ1) is 16.1. The molecule has 5 rings (SSSR count). The van der Waals surface area contributed by atoms with Crippen LogP contribution in [0.2, 0.25) is 0 Å². The number of hydrogen-bond donors (Lipinski definition) is 0. The fourth-order valence-corrected chi connectivity index (χ4v) is 4.47. The van der Waals surface area contributed by atoms with Crippen molar-refractivity contribution in [3.05, 3.63) is 90.0 Å². The number of ether oxygens (including phenoxy) is 1. The van der Waals surface area contributed by atoms with E-state index in [1.54, 1.807) is 17.0 Å². The Morgan fingerprint density at radius 2 is 1.79 bits per heavy atom. The summed E-state index contributed by atoms with van der Waals surface area (Å²) in [5.41, 5.74) is 3.94. The summed E-state index contributed by atoms with van der Waals surface area (Å²) in [6, 6.07) is 22.3. The van der Waals surface area contributed by atoms with Gasteiger partial charge in [0, 0.05) is 24.6 Å². The molecule has 0 aliphatic carbocycles. The van der Waals surface area contributed by atoms with Crippen molar-refractivity contribution in [2.75, 3.05) is 18.1 Å². The van der Waals surface area contributed by atoms with E-state index in [-0.39, 0.29) is 17.6 Å². The smallest absolute Gasteiger partial charge is 0.227 e. The maximum atomic E-state index is 13.3.